The van der Waals surface area contributed by atoms with E-state index in [4.69, 9.17) is 13.9 Å². The molecule has 2 aromatic carbocycles. The number of aliphatic hydroxyl groups is 1. The van der Waals surface area contributed by atoms with Crippen molar-refractivity contribution in [3.63, 3.8) is 0 Å². The zero-order valence-corrected chi connectivity index (χ0v) is 19.4. The van der Waals surface area contributed by atoms with Gasteiger partial charge in [0.2, 0.25) is 0 Å². The first-order chi connectivity index (χ1) is 13.8. The molecule has 0 saturated heterocycles. The fourth-order valence-electron chi connectivity index (χ4n) is 3.86. The van der Waals surface area contributed by atoms with Gasteiger partial charge in [0.05, 0.1) is 12.7 Å². The minimum atomic E-state index is -2.55. The van der Waals surface area contributed by atoms with Crippen molar-refractivity contribution in [2.45, 2.75) is 57.8 Å². The van der Waals surface area contributed by atoms with Gasteiger partial charge in [-0.15, -0.1) is 0 Å². The maximum absolute atomic E-state index is 9.57. The zero-order valence-electron chi connectivity index (χ0n) is 18.4. The number of methoxy groups -OCH3 is 1. The maximum atomic E-state index is 9.57. The van der Waals surface area contributed by atoms with E-state index in [2.05, 4.69) is 88.4 Å². The van der Waals surface area contributed by atoms with Gasteiger partial charge >= 0.3 is 0 Å². The van der Waals surface area contributed by atoms with Crippen molar-refractivity contribution in [3.8, 4) is 0 Å². The summed E-state index contributed by atoms with van der Waals surface area (Å²) in [6.07, 6.45) is 1.32. The topological polar surface area (TPSA) is 47.9 Å². The Kier molecular flexibility index (Phi) is 9.05. The Labute approximate surface area is 177 Å². The monoisotopic (exact) mass is 416 g/mol. The molecule has 0 radical (unpaired) electrons. The first-order valence-corrected chi connectivity index (χ1v) is 12.3. The van der Waals surface area contributed by atoms with Crippen LogP contribution in [0.25, 0.3) is 0 Å². The van der Waals surface area contributed by atoms with E-state index in [9.17, 15) is 5.11 Å². The summed E-state index contributed by atoms with van der Waals surface area (Å²) >= 11 is 0. The molecule has 0 fully saturated rings. The molecular weight excluding hydrogens is 380 g/mol. The van der Waals surface area contributed by atoms with Crippen molar-refractivity contribution in [3.05, 3.63) is 60.7 Å². The van der Waals surface area contributed by atoms with Gasteiger partial charge in [0.25, 0.3) is 8.32 Å². The summed E-state index contributed by atoms with van der Waals surface area (Å²) in [5.74, 6) is 0. The molecule has 0 saturated carbocycles. The molecule has 160 valence electrons. The Hall–Kier alpha value is -1.50. The van der Waals surface area contributed by atoms with Crippen LogP contribution in [0.4, 0.5) is 0 Å². The summed E-state index contributed by atoms with van der Waals surface area (Å²) in [5.41, 5.74) is 0. The quantitative estimate of drug-likeness (QED) is 0.448. The molecule has 1 N–H and O–H groups in total. The van der Waals surface area contributed by atoms with E-state index in [-0.39, 0.29) is 30.6 Å². The number of hydrogen-bond donors (Lipinski definition) is 1. The molecule has 0 unspecified atom stereocenters. The average molecular weight is 417 g/mol. The maximum Gasteiger partial charge on any atom is 0.261 e. The summed E-state index contributed by atoms with van der Waals surface area (Å²) in [5, 5.41) is 12.1. The van der Waals surface area contributed by atoms with Crippen LogP contribution in [-0.4, -0.2) is 46.1 Å². The number of benzene rings is 2. The lowest BCUT2D eigenvalue weighted by atomic mass is 10.1. The van der Waals surface area contributed by atoms with E-state index < -0.39 is 8.32 Å². The fraction of sp³-hybridized carbons (Fsp3) is 0.500. The van der Waals surface area contributed by atoms with E-state index in [1.54, 1.807) is 7.11 Å². The standard InChI is InChI=1S/C24H36O4Si/c1-20(16-17-21(18-25)27-19-26-5)28-29(24(2,3)4,22-12-8-6-9-13-22)23-14-10-7-11-15-23/h6-15,20-21,25H,16-19H2,1-5H3/t20-,21+/m1/s1. The first kappa shape index (κ1) is 23.8. The van der Waals surface area contributed by atoms with E-state index in [1.165, 1.54) is 10.4 Å². The molecule has 5 heteroatoms. The Balaban J connectivity index is 2.33. The Morgan fingerprint density at radius 2 is 1.41 bits per heavy atom. The zero-order chi connectivity index (χ0) is 21.3. The molecule has 0 spiro atoms. The third-order valence-electron chi connectivity index (χ3n) is 5.32. The lowest BCUT2D eigenvalue weighted by Crippen LogP contribution is -2.67. The Morgan fingerprint density at radius 3 is 1.83 bits per heavy atom. The molecule has 0 aromatic heterocycles. The van der Waals surface area contributed by atoms with Gasteiger partial charge in [0, 0.05) is 13.2 Å². The number of hydrogen-bond acceptors (Lipinski definition) is 4. The van der Waals surface area contributed by atoms with Gasteiger partial charge in [-0.3, -0.25) is 0 Å². The van der Waals surface area contributed by atoms with Gasteiger partial charge in [-0.05, 0) is 35.2 Å². The predicted molar refractivity (Wildman–Crippen MR) is 121 cm³/mol. The van der Waals surface area contributed by atoms with Crippen LogP contribution in [0.2, 0.25) is 5.04 Å². The minimum Gasteiger partial charge on any atom is -0.405 e. The molecule has 0 aliphatic rings. The molecule has 0 aliphatic carbocycles. The molecule has 2 aromatic rings. The highest BCUT2D eigenvalue weighted by Gasteiger charge is 2.50. The highest BCUT2D eigenvalue weighted by Crippen LogP contribution is 2.37. The van der Waals surface area contributed by atoms with E-state index >= 15 is 0 Å². The molecule has 0 amide bonds. The van der Waals surface area contributed by atoms with Crippen LogP contribution >= 0.6 is 0 Å². The second-order valence-electron chi connectivity index (χ2n) is 8.55. The van der Waals surface area contributed by atoms with Crippen molar-refractivity contribution in [2.24, 2.45) is 0 Å². The summed E-state index contributed by atoms with van der Waals surface area (Å²) < 4.78 is 17.5. The van der Waals surface area contributed by atoms with E-state index in [1.807, 2.05) is 0 Å². The molecule has 2 rings (SSSR count). The van der Waals surface area contributed by atoms with Crippen LogP contribution < -0.4 is 10.4 Å². The van der Waals surface area contributed by atoms with Crippen molar-refractivity contribution in [2.75, 3.05) is 20.5 Å². The van der Waals surface area contributed by atoms with Crippen molar-refractivity contribution < 1.29 is 19.0 Å². The molecule has 0 aliphatic heterocycles. The summed E-state index contributed by atoms with van der Waals surface area (Å²) in [4.78, 5) is 0. The SMILES string of the molecule is COCO[C@H](CO)CC[C@@H](C)O[Si](c1ccccc1)(c1ccccc1)C(C)(C)C. The van der Waals surface area contributed by atoms with Crippen LogP contribution in [0.3, 0.4) is 0 Å². The van der Waals surface area contributed by atoms with Gasteiger partial charge in [-0.25, -0.2) is 0 Å². The molecule has 29 heavy (non-hydrogen) atoms. The number of aliphatic hydroxyl groups excluding tert-OH is 1. The predicted octanol–water partition coefficient (Wildman–Crippen LogP) is 3.71. The van der Waals surface area contributed by atoms with Gasteiger partial charge in [-0.1, -0.05) is 81.4 Å². The van der Waals surface area contributed by atoms with Crippen molar-refractivity contribution in [1.29, 1.82) is 0 Å². The number of rotatable bonds is 11. The van der Waals surface area contributed by atoms with Crippen LogP contribution in [0, 0.1) is 0 Å². The van der Waals surface area contributed by atoms with Crippen LogP contribution in [0.15, 0.2) is 60.7 Å². The summed E-state index contributed by atoms with van der Waals surface area (Å²) in [6, 6.07) is 21.3. The smallest absolute Gasteiger partial charge is 0.261 e. The van der Waals surface area contributed by atoms with Crippen LogP contribution in [0.1, 0.15) is 40.5 Å². The van der Waals surface area contributed by atoms with Gasteiger partial charge < -0.3 is 19.0 Å². The third kappa shape index (κ3) is 6.00. The van der Waals surface area contributed by atoms with Crippen molar-refractivity contribution >= 4 is 18.7 Å². The third-order valence-corrected chi connectivity index (χ3v) is 10.5. The largest absolute Gasteiger partial charge is 0.405 e. The van der Waals surface area contributed by atoms with Crippen molar-refractivity contribution in [1.82, 2.24) is 0 Å². The summed E-state index contributed by atoms with van der Waals surface area (Å²) in [7, 11) is -0.962. The average Bonchev–Trinajstić information content (AvgIpc) is 2.72. The number of ether oxygens (including phenoxy) is 2. The normalized spacial score (nSPS) is 14.6. The fourth-order valence-corrected chi connectivity index (χ4v) is 8.60. The highest BCUT2D eigenvalue weighted by atomic mass is 28.4. The molecule has 0 heterocycles. The Morgan fingerprint density at radius 1 is 0.897 bits per heavy atom. The van der Waals surface area contributed by atoms with Crippen LogP contribution in [0.5, 0.6) is 0 Å². The van der Waals surface area contributed by atoms with Gasteiger partial charge in [0.1, 0.15) is 6.79 Å². The van der Waals surface area contributed by atoms with E-state index in [0.29, 0.717) is 0 Å². The highest BCUT2D eigenvalue weighted by molar-refractivity contribution is 6.99. The lowest BCUT2D eigenvalue weighted by molar-refractivity contribution is -0.0915. The van der Waals surface area contributed by atoms with Gasteiger partial charge in [0.15, 0.2) is 0 Å². The second-order valence-corrected chi connectivity index (χ2v) is 12.8. The van der Waals surface area contributed by atoms with Gasteiger partial charge in [-0.2, -0.15) is 0 Å². The van der Waals surface area contributed by atoms with Crippen LogP contribution in [-0.2, 0) is 13.9 Å². The minimum absolute atomic E-state index is 0.0186. The molecule has 2 atom stereocenters. The molecular formula is C24H36O4Si. The Bertz CT molecular complexity index is 660. The van der Waals surface area contributed by atoms with E-state index in [0.717, 1.165) is 12.8 Å². The summed E-state index contributed by atoms with van der Waals surface area (Å²) in [6.45, 7) is 9.15. The second kappa shape index (κ2) is 11.0. The molecule has 4 nitrogen and oxygen atoms in total. The molecule has 0 bridgehead atoms. The lowest BCUT2D eigenvalue weighted by Gasteiger charge is -2.44. The first-order valence-electron chi connectivity index (χ1n) is 10.4.